The molecule has 17 heteroatoms. The number of nitrogens with zero attached hydrogens (tertiary/aromatic N) is 9. The molecule has 0 aliphatic carbocycles. The van der Waals surface area contributed by atoms with Crippen molar-refractivity contribution in [2.45, 2.75) is 6.42 Å². The summed E-state index contributed by atoms with van der Waals surface area (Å²) in [5, 5.41) is 14.1. The van der Waals surface area contributed by atoms with Gasteiger partial charge in [-0.25, -0.2) is 19.9 Å². The minimum Gasteiger partial charge on any atom is -0.424 e. The van der Waals surface area contributed by atoms with Crippen LogP contribution < -0.4 is 16.4 Å². The third-order valence-corrected chi connectivity index (χ3v) is 7.42. The Hall–Kier alpha value is -4.97. The highest BCUT2D eigenvalue weighted by Crippen LogP contribution is 2.33. The summed E-state index contributed by atoms with van der Waals surface area (Å²) in [6.07, 6.45) is 3.16. The van der Waals surface area contributed by atoms with Crippen molar-refractivity contribution >= 4 is 45.7 Å². The summed E-state index contributed by atoms with van der Waals surface area (Å²) < 4.78 is 23.1. The third kappa shape index (κ3) is 6.96. The van der Waals surface area contributed by atoms with Gasteiger partial charge in [0.1, 0.15) is 35.5 Å². The number of rotatable bonds is 14. The summed E-state index contributed by atoms with van der Waals surface area (Å²) in [5.74, 6) is 1.53. The molecule has 0 atom stereocenters. The fourth-order valence-corrected chi connectivity index (χ4v) is 5.16. The van der Waals surface area contributed by atoms with E-state index in [9.17, 15) is 4.79 Å². The lowest BCUT2D eigenvalue weighted by atomic mass is 10.1. The maximum atomic E-state index is 12.7. The van der Waals surface area contributed by atoms with Crippen molar-refractivity contribution in [3.63, 3.8) is 0 Å². The van der Waals surface area contributed by atoms with Gasteiger partial charge in [-0.15, -0.1) is 0 Å². The largest absolute Gasteiger partial charge is 0.424 e. The van der Waals surface area contributed by atoms with Gasteiger partial charge >= 0.3 is 0 Å². The zero-order chi connectivity index (χ0) is 31.9. The van der Waals surface area contributed by atoms with Crippen molar-refractivity contribution in [2.24, 2.45) is 0 Å². The lowest BCUT2D eigenvalue weighted by Crippen LogP contribution is -2.49. The molecular weight excluding hydrogens is 598 g/mol. The Bertz CT molecular complexity index is 1790. The number of carbonyl (C=O) groups excluding carboxylic acids is 1. The molecular formula is C29H35N11O6. The molecule has 242 valence electrons. The van der Waals surface area contributed by atoms with Gasteiger partial charge < -0.3 is 45.0 Å². The van der Waals surface area contributed by atoms with Gasteiger partial charge in [0.25, 0.3) is 6.01 Å². The molecule has 0 unspecified atom stereocenters. The Morgan fingerprint density at radius 3 is 2.37 bits per heavy atom. The van der Waals surface area contributed by atoms with E-state index in [0.29, 0.717) is 112 Å². The summed E-state index contributed by atoms with van der Waals surface area (Å²) in [7, 11) is 0. The van der Waals surface area contributed by atoms with Crippen LogP contribution in [-0.4, -0.2) is 123 Å². The molecule has 0 bridgehead atoms. The monoisotopic (exact) mass is 633 g/mol. The summed E-state index contributed by atoms with van der Waals surface area (Å²) >= 11 is 0. The second kappa shape index (κ2) is 14.4. The molecule has 5 N–H and O–H groups in total. The van der Waals surface area contributed by atoms with Gasteiger partial charge in [-0.3, -0.25) is 4.79 Å². The van der Waals surface area contributed by atoms with Crippen molar-refractivity contribution in [3.05, 3.63) is 36.9 Å². The number of nitrogen functional groups attached to an aromatic ring is 2. The summed E-state index contributed by atoms with van der Waals surface area (Å²) in [6.45, 7) is 4.62. The van der Waals surface area contributed by atoms with E-state index in [1.807, 2.05) is 23.1 Å². The second-order valence-electron chi connectivity index (χ2n) is 10.4. The number of ether oxygens (including phenoxy) is 3. The van der Waals surface area contributed by atoms with Gasteiger partial charge in [-0.2, -0.15) is 14.8 Å². The van der Waals surface area contributed by atoms with Crippen LogP contribution in [0.1, 0.15) is 6.42 Å². The fourth-order valence-electron chi connectivity index (χ4n) is 5.16. The van der Waals surface area contributed by atoms with E-state index in [-0.39, 0.29) is 24.3 Å². The van der Waals surface area contributed by atoms with E-state index in [1.54, 1.807) is 10.7 Å². The van der Waals surface area contributed by atoms with Crippen LogP contribution in [0.2, 0.25) is 0 Å². The van der Waals surface area contributed by atoms with Gasteiger partial charge in [-0.1, -0.05) is 0 Å². The van der Waals surface area contributed by atoms with Crippen LogP contribution in [-0.2, 0) is 19.0 Å². The Kier molecular flexibility index (Phi) is 9.73. The molecule has 1 aliphatic rings. The van der Waals surface area contributed by atoms with Crippen molar-refractivity contribution in [1.29, 1.82) is 0 Å². The summed E-state index contributed by atoms with van der Waals surface area (Å²) in [5.41, 5.74) is 15.0. The minimum atomic E-state index is -0.00719. The molecule has 6 rings (SSSR count). The van der Waals surface area contributed by atoms with E-state index in [1.165, 1.54) is 12.7 Å². The fraction of sp³-hybridized carbons (Fsp3) is 0.414. The maximum Gasteiger partial charge on any atom is 0.292 e. The predicted molar refractivity (Wildman–Crippen MR) is 167 cm³/mol. The number of nitrogens with two attached hydrogens (primary N) is 2. The highest BCUT2D eigenvalue weighted by molar-refractivity contribution is 6.00. The van der Waals surface area contributed by atoms with Gasteiger partial charge in [0.15, 0.2) is 17.0 Å². The molecule has 0 radical (unpaired) electrons. The third-order valence-electron chi connectivity index (χ3n) is 7.42. The van der Waals surface area contributed by atoms with Crippen molar-refractivity contribution in [3.8, 4) is 17.1 Å². The lowest BCUT2D eigenvalue weighted by molar-refractivity contribution is -0.132. The van der Waals surface area contributed by atoms with E-state index in [0.717, 1.165) is 5.56 Å². The quantitative estimate of drug-likeness (QED) is 0.143. The highest BCUT2D eigenvalue weighted by atomic mass is 16.5. The number of oxazole rings is 1. The summed E-state index contributed by atoms with van der Waals surface area (Å²) in [4.78, 5) is 38.5. The van der Waals surface area contributed by atoms with Crippen LogP contribution in [0.4, 0.5) is 17.7 Å². The maximum absolute atomic E-state index is 12.7. The first kappa shape index (κ1) is 31.0. The molecule has 1 amide bonds. The number of benzene rings is 1. The number of aliphatic hydroxyl groups excluding tert-OH is 1. The molecule has 46 heavy (non-hydrogen) atoms. The number of piperazine rings is 1. The van der Waals surface area contributed by atoms with Crippen LogP contribution in [0.5, 0.6) is 0 Å². The van der Waals surface area contributed by atoms with Crippen LogP contribution in [0.25, 0.3) is 39.2 Å². The number of aliphatic hydroxyl groups is 1. The number of fused-ring (bicyclic) bond motifs is 2. The standard InChI is InChI=1S/C29H35N11O6/c30-27-25-26(19-1-2-21-20(15-19)36-29(31)46-21)37-40(28(25)35-18-34-27)23-16-22(32-17-33-23)38-4-6-39(7-5-38)24(42)3-9-43-11-13-45-14-12-44-10-8-41/h1-2,15-18,41H,3-14H2,(H2,31,36)(H2,30,34,35). The molecule has 1 fully saturated rings. The number of hydrogen-bond donors (Lipinski definition) is 3. The molecule has 5 heterocycles. The number of aromatic nitrogens is 7. The highest BCUT2D eigenvalue weighted by Gasteiger charge is 2.24. The number of amides is 1. The van der Waals surface area contributed by atoms with Crippen LogP contribution in [0, 0.1) is 0 Å². The Balaban J connectivity index is 1.07. The molecule has 5 aromatic rings. The van der Waals surface area contributed by atoms with Gasteiger partial charge in [0.2, 0.25) is 5.91 Å². The molecule has 4 aromatic heterocycles. The van der Waals surface area contributed by atoms with E-state index >= 15 is 0 Å². The van der Waals surface area contributed by atoms with Gasteiger partial charge in [0, 0.05) is 37.8 Å². The van der Waals surface area contributed by atoms with Crippen molar-refractivity contribution < 1.29 is 28.5 Å². The van der Waals surface area contributed by atoms with E-state index < -0.39 is 0 Å². The number of hydrogen-bond acceptors (Lipinski definition) is 15. The van der Waals surface area contributed by atoms with Crippen molar-refractivity contribution in [1.82, 2.24) is 39.6 Å². The van der Waals surface area contributed by atoms with Gasteiger partial charge in [0.05, 0.1) is 58.1 Å². The minimum absolute atomic E-state index is 0.00719. The number of anilines is 3. The van der Waals surface area contributed by atoms with E-state index in [2.05, 4.69) is 29.8 Å². The number of carbonyl (C=O) groups is 1. The average Bonchev–Trinajstić information content (AvgIpc) is 3.66. The molecule has 0 spiro atoms. The molecule has 1 saturated heterocycles. The molecule has 1 aromatic carbocycles. The second-order valence-corrected chi connectivity index (χ2v) is 10.4. The first-order valence-corrected chi connectivity index (χ1v) is 14.9. The molecule has 17 nitrogen and oxygen atoms in total. The normalized spacial score (nSPS) is 13.7. The molecule has 0 saturated carbocycles. The van der Waals surface area contributed by atoms with Crippen molar-refractivity contribution in [2.75, 3.05) is 88.8 Å². The topological polar surface area (TPSA) is 219 Å². The Morgan fingerprint density at radius 2 is 1.59 bits per heavy atom. The Labute approximate surface area is 263 Å². The first-order valence-electron chi connectivity index (χ1n) is 14.9. The summed E-state index contributed by atoms with van der Waals surface area (Å²) in [6, 6.07) is 7.35. The van der Waals surface area contributed by atoms with Crippen LogP contribution in [0.15, 0.2) is 41.3 Å². The first-order chi connectivity index (χ1) is 22.5. The predicted octanol–water partition coefficient (Wildman–Crippen LogP) is 0.659. The average molecular weight is 634 g/mol. The molecule has 1 aliphatic heterocycles. The lowest BCUT2D eigenvalue weighted by Gasteiger charge is -2.35. The SMILES string of the molecule is Nc1nc2cc(-c3nn(-c4cc(N5CCN(C(=O)CCOCCOCCOCCO)CC5)ncn4)c4ncnc(N)c34)ccc2o1. The smallest absolute Gasteiger partial charge is 0.292 e. The van der Waals surface area contributed by atoms with Crippen LogP contribution >= 0.6 is 0 Å². The van der Waals surface area contributed by atoms with Crippen LogP contribution in [0.3, 0.4) is 0 Å². The van der Waals surface area contributed by atoms with E-state index in [4.69, 9.17) is 40.3 Å². The zero-order valence-corrected chi connectivity index (χ0v) is 25.1. The Morgan fingerprint density at radius 1 is 0.870 bits per heavy atom. The zero-order valence-electron chi connectivity index (χ0n) is 25.1. The van der Waals surface area contributed by atoms with Gasteiger partial charge in [-0.05, 0) is 18.2 Å².